The van der Waals surface area contributed by atoms with Gasteiger partial charge >= 0.3 is 6.18 Å². The third-order valence-corrected chi connectivity index (χ3v) is 3.24. The first-order valence-electron chi connectivity index (χ1n) is 4.57. The first kappa shape index (κ1) is 14.0. The number of hydrogen-bond acceptors (Lipinski definition) is 3. The van der Waals surface area contributed by atoms with Crippen molar-refractivity contribution in [3.63, 3.8) is 0 Å². The molecule has 0 amide bonds. The molecular formula is C9H11BrF3NOS. The van der Waals surface area contributed by atoms with E-state index in [0.29, 0.717) is 13.1 Å². The van der Waals surface area contributed by atoms with Gasteiger partial charge in [-0.05, 0) is 28.1 Å². The average molecular weight is 318 g/mol. The second-order valence-corrected chi connectivity index (χ2v) is 5.60. The fraction of sp³-hybridized carbons (Fsp3) is 0.556. The fourth-order valence-electron chi connectivity index (χ4n) is 0.991. The maximum Gasteiger partial charge on any atom is 0.411 e. The summed E-state index contributed by atoms with van der Waals surface area (Å²) in [6.45, 7) is -0.0669. The number of thiophene rings is 1. The Bertz CT molecular complexity index is 316. The van der Waals surface area contributed by atoms with Crippen molar-refractivity contribution >= 4 is 27.3 Å². The summed E-state index contributed by atoms with van der Waals surface area (Å²) < 4.78 is 40.5. The van der Waals surface area contributed by atoms with Crippen molar-refractivity contribution in [2.24, 2.45) is 0 Å². The van der Waals surface area contributed by atoms with Crippen LogP contribution in [0, 0.1) is 0 Å². The first-order chi connectivity index (χ1) is 7.47. The highest BCUT2D eigenvalue weighted by molar-refractivity contribution is 9.11. The quantitative estimate of drug-likeness (QED) is 0.814. The molecule has 1 N–H and O–H groups in total. The van der Waals surface area contributed by atoms with E-state index < -0.39 is 12.8 Å². The van der Waals surface area contributed by atoms with E-state index in [1.807, 2.05) is 12.1 Å². The van der Waals surface area contributed by atoms with Gasteiger partial charge in [-0.15, -0.1) is 11.3 Å². The number of nitrogens with one attached hydrogen (secondary N) is 1. The van der Waals surface area contributed by atoms with Crippen LogP contribution in [-0.4, -0.2) is 25.9 Å². The molecule has 1 heterocycles. The van der Waals surface area contributed by atoms with Crippen LogP contribution in [0.5, 0.6) is 0 Å². The first-order valence-corrected chi connectivity index (χ1v) is 6.18. The smallest absolute Gasteiger partial charge is 0.371 e. The summed E-state index contributed by atoms with van der Waals surface area (Å²) in [6.07, 6.45) is -4.24. The van der Waals surface area contributed by atoms with Crippen LogP contribution in [0.25, 0.3) is 0 Å². The standard InChI is InChI=1S/C9H11BrF3NOS/c10-8-2-1-7(16-8)5-14-3-4-15-6-9(11,12)13/h1-2,14H,3-6H2. The van der Waals surface area contributed by atoms with Crippen molar-refractivity contribution in [3.8, 4) is 0 Å². The molecule has 0 aliphatic heterocycles. The molecule has 0 radical (unpaired) electrons. The molecule has 0 spiro atoms. The topological polar surface area (TPSA) is 21.3 Å². The molecule has 0 aromatic carbocycles. The van der Waals surface area contributed by atoms with Gasteiger partial charge in [-0.2, -0.15) is 13.2 Å². The molecule has 0 saturated carbocycles. The van der Waals surface area contributed by atoms with Crippen molar-refractivity contribution in [2.45, 2.75) is 12.7 Å². The van der Waals surface area contributed by atoms with E-state index in [4.69, 9.17) is 0 Å². The van der Waals surface area contributed by atoms with Crippen molar-refractivity contribution in [1.82, 2.24) is 5.32 Å². The number of halogens is 4. The summed E-state index contributed by atoms with van der Waals surface area (Å²) in [5.41, 5.74) is 0. The highest BCUT2D eigenvalue weighted by atomic mass is 79.9. The fourth-order valence-corrected chi connectivity index (χ4v) is 2.44. The SMILES string of the molecule is FC(F)(F)COCCNCc1ccc(Br)s1. The minimum Gasteiger partial charge on any atom is -0.371 e. The third kappa shape index (κ3) is 6.47. The number of rotatable bonds is 6. The van der Waals surface area contributed by atoms with Crippen molar-refractivity contribution in [2.75, 3.05) is 19.8 Å². The highest BCUT2D eigenvalue weighted by Gasteiger charge is 2.27. The van der Waals surface area contributed by atoms with E-state index in [0.717, 1.165) is 8.66 Å². The Kier molecular flexibility index (Phi) is 5.74. The molecule has 0 fully saturated rings. The Morgan fingerprint density at radius 1 is 1.38 bits per heavy atom. The maximum absolute atomic E-state index is 11.7. The maximum atomic E-state index is 11.7. The summed E-state index contributed by atoms with van der Waals surface area (Å²) in [5.74, 6) is 0. The number of hydrogen-bond donors (Lipinski definition) is 1. The van der Waals surface area contributed by atoms with Crippen LogP contribution in [-0.2, 0) is 11.3 Å². The van der Waals surface area contributed by atoms with Gasteiger partial charge in [-0.3, -0.25) is 0 Å². The van der Waals surface area contributed by atoms with Crippen molar-refractivity contribution in [3.05, 3.63) is 20.8 Å². The van der Waals surface area contributed by atoms with Gasteiger partial charge in [-0.25, -0.2) is 0 Å². The molecule has 16 heavy (non-hydrogen) atoms. The molecule has 92 valence electrons. The molecule has 0 bridgehead atoms. The predicted molar refractivity (Wildman–Crippen MR) is 60.6 cm³/mol. The largest absolute Gasteiger partial charge is 0.411 e. The molecular weight excluding hydrogens is 307 g/mol. The summed E-state index contributed by atoms with van der Waals surface area (Å²) in [7, 11) is 0. The Morgan fingerprint density at radius 3 is 2.69 bits per heavy atom. The molecule has 1 aromatic heterocycles. The average Bonchev–Trinajstić information content (AvgIpc) is 2.56. The Labute approximate surface area is 104 Å². The van der Waals surface area contributed by atoms with Crippen LogP contribution in [0.2, 0.25) is 0 Å². The summed E-state index contributed by atoms with van der Waals surface area (Å²) in [4.78, 5) is 1.13. The van der Waals surface area contributed by atoms with Crippen molar-refractivity contribution < 1.29 is 17.9 Å². The van der Waals surface area contributed by atoms with Gasteiger partial charge in [0, 0.05) is 18.0 Å². The second kappa shape index (κ2) is 6.58. The van der Waals surface area contributed by atoms with E-state index in [2.05, 4.69) is 26.0 Å². The van der Waals surface area contributed by atoms with E-state index >= 15 is 0 Å². The normalized spacial score (nSPS) is 12.0. The molecule has 0 aliphatic carbocycles. The van der Waals surface area contributed by atoms with Crippen LogP contribution in [0.4, 0.5) is 13.2 Å². The summed E-state index contributed by atoms with van der Waals surface area (Å²) in [6, 6.07) is 3.89. The van der Waals surface area contributed by atoms with Crippen molar-refractivity contribution in [1.29, 1.82) is 0 Å². The molecule has 1 aromatic rings. The molecule has 7 heteroatoms. The van der Waals surface area contributed by atoms with Crippen LogP contribution in [0.15, 0.2) is 15.9 Å². The van der Waals surface area contributed by atoms with Gasteiger partial charge in [0.2, 0.25) is 0 Å². The molecule has 0 aliphatic rings. The van der Waals surface area contributed by atoms with Gasteiger partial charge in [0.05, 0.1) is 10.4 Å². The molecule has 0 unspecified atom stereocenters. The van der Waals surface area contributed by atoms with E-state index in [1.54, 1.807) is 11.3 Å². The predicted octanol–water partition coefficient (Wildman–Crippen LogP) is 3.18. The molecule has 0 atom stereocenters. The zero-order chi connectivity index (χ0) is 12.0. The van der Waals surface area contributed by atoms with Gasteiger partial charge in [-0.1, -0.05) is 0 Å². The number of ether oxygens (including phenoxy) is 1. The van der Waals surface area contributed by atoms with Gasteiger partial charge in [0.1, 0.15) is 6.61 Å². The van der Waals surface area contributed by atoms with Gasteiger partial charge in [0.25, 0.3) is 0 Å². The second-order valence-electron chi connectivity index (χ2n) is 3.05. The molecule has 1 rings (SSSR count). The van der Waals surface area contributed by atoms with E-state index in [1.165, 1.54) is 0 Å². The lowest BCUT2D eigenvalue weighted by molar-refractivity contribution is -0.173. The number of alkyl halides is 3. The van der Waals surface area contributed by atoms with Crippen LogP contribution < -0.4 is 5.32 Å². The molecule has 0 saturated heterocycles. The minimum atomic E-state index is -4.24. The van der Waals surface area contributed by atoms with E-state index in [-0.39, 0.29) is 6.61 Å². The minimum absolute atomic E-state index is 0.0616. The zero-order valence-corrected chi connectivity index (χ0v) is 10.7. The lowest BCUT2D eigenvalue weighted by Crippen LogP contribution is -2.23. The summed E-state index contributed by atoms with van der Waals surface area (Å²) in [5, 5.41) is 3.00. The Hall–Kier alpha value is -0.110. The van der Waals surface area contributed by atoms with Crippen LogP contribution >= 0.6 is 27.3 Å². The third-order valence-electron chi connectivity index (χ3n) is 1.62. The monoisotopic (exact) mass is 317 g/mol. The zero-order valence-electron chi connectivity index (χ0n) is 8.31. The van der Waals surface area contributed by atoms with Crippen LogP contribution in [0.3, 0.4) is 0 Å². The van der Waals surface area contributed by atoms with Gasteiger partial charge < -0.3 is 10.1 Å². The Balaban J connectivity index is 2.00. The van der Waals surface area contributed by atoms with Gasteiger partial charge in [0.15, 0.2) is 0 Å². The lowest BCUT2D eigenvalue weighted by Gasteiger charge is -2.07. The lowest BCUT2D eigenvalue weighted by atomic mass is 10.4. The Morgan fingerprint density at radius 2 is 2.12 bits per heavy atom. The van der Waals surface area contributed by atoms with Crippen LogP contribution in [0.1, 0.15) is 4.88 Å². The summed E-state index contributed by atoms with van der Waals surface area (Å²) >= 11 is 4.92. The highest BCUT2D eigenvalue weighted by Crippen LogP contribution is 2.21. The molecule has 2 nitrogen and oxygen atoms in total. The van der Waals surface area contributed by atoms with E-state index in [9.17, 15) is 13.2 Å².